The Labute approximate surface area is 180 Å². The zero-order valence-electron chi connectivity index (χ0n) is 17.1. The Morgan fingerprint density at radius 1 is 1.41 bits per heavy atom. The fraction of sp³-hybridized carbons (Fsp3) is 0.619. The smallest absolute Gasteiger partial charge is 0.227 e. The van der Waals surface area contributed by atoms with Gasteiger partial charge in [0.15, 0.2) is 0 Å². The molecular weight excluding hydrogens is 434 g/mol. The third kappa shape index (κ3) is 5.71. The van der Waals surface area contributed by atoms with Gasteiger partial charge in [0, 0.05) is 44.0 Å². The average Bonchev–Trinajstić information content (AvgIpc) is 3.49. The topological polar surface area (TPSA) is 107 Å². The van der Waals surface area contributed by atoms with Crippen LogP contribution >= 0.6 is 15.9 Å². The number of unbranched alkanes of at least 4 members (excludes halogenated alkanes) is 2. The van der Waals surface area contributed by atoms with Gasteiger partial charge in [-0.2, -0.15) is 0 Å². The molecule has 2 aromatic rings. The predicted molar refractivity (Wildman–Crippen MR) is 121 cm³/mol. The Bertz CT molecular complexity index is 817. The van der Waals surface area contributed by atoms with Crippen molar-refractivity contribution < 1.29 is 9.90 Å². The summed E-state index contributed by atoms with van der Waals surface area (Å²) in [5.74, 6) is 0.277. The van der Waals surface area contributed by atoms with Crippen LogP contribution in [0.2, 0.25) is 0 Å². The minimum absolute atomic E-state index is 0.104. The summed E-state index contributed by atoms with van der Waals surface area (Å²) >= 11 is 3.63. The number of nitrogens with one attached hydrogen (secondary N) is 2. The molecule has 1 amide bonds. The summed E-state index contributed by atoms with van der Waals surface area (Å²) in [6, 6.07) is 0.183. The molecule has 0 spiro atoms. The van der Waals surface area contributed by atoms with Crippen LogP contribution in [0.4, 0.5) is 11.4 Å². The Morgan fingerprint density at radius 3 is 2.83 bits per heavy atom. The number of carbonyl (C=O) groups is 1. The molecule has 2 fully saturated rings. The molecule has 2 aromatic heterocycles. The number of aromatic amines is 1. The standard InChI is InChI=1S/C16H20BrN5O.C5H12O/c17-11-6-19-15-13(14(11)22-5-1-2-10(18)8-22)12(7-20-15)21-16(23)9-3-4-9;1-2-3-4-5-6/h6-7,9-10H,1-5,8,18H2,(H,19,20)(H,21,23);6H,2-5H2,1H3. The fourth-order valence-electron chi connectivity index (χ4n) is 3.62. The number of aliphatic hydroxyl groups is 1. The summed E-state index contributed by atoms with van der Waals surface area (Å²) in [4.78, 5) is 22.0. The zero-order chi connectivity index (χ0) is 20.8. The Balaban J connectivity index is 0.000000353. The first-order valence-electron chi connectivity index (χ1n) is 10.6. The van der Waals surface area contributed by atoms with Crippen molar-refractivity contribution in [3.63, 3.8) is 0 Å². The first-order valence-corrected chi connectivity index (χ1v) is 11.4. The van der Waals surface area contributed by atoms with Crippen LogP contribution in [-0.4, -0.2) is 46.7 Å². The number of hydrogen-bond donors (Lipinski definition) is 4. The quantitative estimate of drug-likeness (QED) is 0.485. The molecule has 8 heteroatoms. The second-order valence-corrected chi connectivity index (χ2v) is 8.78. The van der Waals surface area contributed by atoms with E-state index >= 15 is 0 Å². The number of aliphatic hydroxyl groups excluding tert-OH is 1. The maximum atomic E-state index is 12.2. The van der Waals surface area contributed by atoms with Crippen LogP contribution in [0.15, 0.2) is 16.9 Å². The molecule has 0 aromatic carbocycles. The maximum absolute atomic E-state index is 12.2. The number of aromatic nitrogens is 2. The van der Waals surface area contributed by atoms with Crippen LogP contribution in [-0.2, 0) is 4.79 Å². The number of rotatable bonds is 6. The number of nitrogens with two attached hydrogens (primary N) is 1. The van der Waals surface area contributed by atoms with E-state index in [0.29, 0.717) is 6.61 Å². The van der Waals surface area contributed by atoms with Gasteiger partial charge >= 0.3 is 0 Å². The number of fused-ring (bicyclic) bond motifs is 1. The number of H-pyrrole nitrogens is 1. The molecule has 5 N–H and O–H groups in total. The van der Waals surface area contributed by atoms with E-state index < -0.39 is 0 Å². The van der Waals surface area contributed by atoms with Crippen molar-refractivity contribution >= 4 is 44.2 Å². The van der Waals surface area contributed by atoms with Crippen molar-refractivity contribution in [2.75, 3.05) is 29.9 Å². The van der Waals surface area contributed by atoms with Crippen molar-refractivity contribution in [2.24, 2.45) is 11.7 Å². The van der Waals surface area contributed by atoms with Gasteiger partial charge in [-0.25, -0.2) is 4.98 Å². The van der Waals surface area contributed by atoms with E-state index in [2.05, 4.69) is 43.0 Å². The zero-order valence-corrected chi connectivity index (χ0v) is 18.7. The van der Waals surface area contributed by atoms with Crippen molar-refractivity contribution in [3.05, 3.63) is 16.9 Å². The first-order chi connectivity index (χ1) is 14.0. The number of pyridine rings is 1. The normalized spacial score (nSPS) is 19.0. The van der Waals surface area contributed by atoms with E-state index in [1.807, 2.05) is 6.20 Å². The molecule has 1 aliphatic heterocycles. The number of carbonyl (C=O) groups excluding carboxylic acids is 1. The van der Waals surface area contributed by atoms with Crippen molar-refractivity contribution in [3.8, 4) is 0 Å². The lowest BCUT2D eigenvalue weighted by Crippen LogP contribution is -2.43. The number of nitrogens with zero attached hydrogens (tertiary/aromatic N) is 2. The minimum atomic E-state index is 0.104. The van der Waals surface area contributed by atoms with Gasteiger partial charge in [-0.1, -0.05) is 19.8 Å². The van der Waals surface area contributed by atoms with Crippen LogP contribution in [0.25, 0.3) is 11.0 Å². The highest BCUT2D eigenvalue weighted by molar-refractivity contribution is 9.10. The van der Waals surface area contributed by atoms with Crippen molar-refractivity contribution in [2.45, 2.75) is 57.9 Å². The molecule has 1 saturated carbocycles. The van der Waals surface area contributed by atoms with Gasteiger partial charge in [0.25, 0.3) is 0 Å². The van der Waals surface area contributed by atoms with Gasteiger partial charge in [0.1, 0.15) is 5.65 Å². The van der Waals surface area contributed by atoms with E-state index in [0.717, 1.165) is 78.5 Å². The summed E-state index contributed by atoms with van der Waals surface area (Å²) in [5, 5.41) is 12.2. The first kappa shape index (κ1) is 22.1. The van der Waals surface area contributed by atoms with Crippen molar-refractivity contribution in [1.29, 1.82) is 0 Å². The van der Waals surface area contributed by atoms with Crippen LogP contribution in [0.1, 0.15) is 51.9 Å². The average molecular weight is 466 g/mol. The van der Waals surface area contributed by atoms with Gasteiger partial charge < -0.3 is 26.0 Å². The molecule has 1 unspecified atom stereocenters. The Morgan fingerprint density at radius 2 is 2.21 bits per heavy atom. The summed E-state index contributed by atoms with van der Waals surface area (Å²) in [6.07, 6.45) is 11.1. The lowest BCUT2D eigenvalue weighted by Gasteiger charge is -2.33. The summed E-state index contributed by atoms with van der Waals surface area (Å²) in [6.45, 7) is 4.26. The third-order valence-corrected chi connectivity index (χ3v) is 5.95. The Hall–Kier alpha value is -1.64. The highest BCUT2D eigenvalue weighted by Gasteiger charge is 2.31. The molecule has 29 heavy (non-hydrogen) atoms. The number of piperidine rings is 1. The van der Waals surface area contributed by atoms with Crippen LogP contribution in [0.5, 0.6) is 0 Å². The molecular formula is C21H32BrN5O2. The monoisotopic (exact) mass is 465 g/mol. The second kappa shape index (κ2) is 10.4. The van der Waals surface area contributed by atoms with E-state index in [-0.39, 0.29) is 17.9 Å². The van der Waals surface area contributed by atoms with Gasteiger partial charge in [0.2, 0.25) is 5.91 Å². The molecule has 1 aliphatic carbocycles. The highest BCUT2D eigenvalue weighted by Crippen LogP contribution is 2.39. The molecule has 2 aliphatic rings. The number of anilines is 2. The van der Waals surface area contributed by atoms with E-state index in [4.69, 9.17) is 10.8 Å². The van der Waals surface area contributed by atoms with E-state index in [1.165, 1.54) is 6.42 Å². The lowest BCUT2D eigenvalue weighted by atomic mass is 10.1. The van der Waals surface area contributed by atoms with Gasteiger partial charge in [-0.15, -0.1) is 0 Å². The number of hydrogen-bond acceptors (Lipinski definition) is 5. The molecule has 1 saturated heterocycles. The largest absolute Gasteiger partial charge is 0.396 e. The summed E-state index contributed by atoms with van der Waals surface area (Å²) in [7, 11) is 0. The number of amides is 1. The van der Waals surface area contributed by atoms with Crippen LogP contribution in [0.3, 0.4) is 0 Å². The molecule has 7 nitrogen and oxygen atoms in total. The van der Waals surface area contributed by atoms with Gasteiger partial charge in [-0.3, -0.25) is 4.79 Å². The molecule has 1 atom stereocenters. The molecule has 3 heterocycles. The van der Waals surface area contributed by atoms with E-state index in [9.17, 15) is 4.79 Å². The lowest BCUT2D eigenvalue weighted by molar-refractivity contribution is -0.117. The third-order valence-electron chi connectivity index (χ3n) is 5.37. The Kier molecular flexibility index (Phi) is 7.91. The molecule has 0 bridgehead atoms. The SMILES string of the molecule is CCCCCO.NC1CCCN(c2c(Br)cnc3[nH]cc(NC(=O)C4CC4)c23)C1. The van der Waals surface area contributed by atoms with Crippen molar-refractivity contribution in [1.82, 2.24) is 9.97 Å². The predicted octanol–water partition coefficient (Wildman–Crippen LogP) is 3.77. The molecule has 0 radical (unpaired) electrons. The minimum Gasteiger partial charge on any atom is -0.396 e. The van der Waals surface area contributed by atoms with Crippen LogP contribution < -0.4 is 16.0 Å². The summed E-state index contributed by atoms with van der Waals surface area (Å²) in [5.41, 5.74) is 8.81. The highest BCUT2D eigenvalue weighted by atomic mass is 79.9. The molecule has 160 valence electrons. The second-order valence-electron chi connectivity index (χ2n) is 7.92. The summed E-state index contributed by atoms with van der Waals surface area (Å²) < 4.78 is 0.931. The van der Waals surface area contributed by atoms with E-state index in [1.54, 1.807) is 6.20 Å². The van der Waals surface area contributed by atoms with Gasteiger partial charge in [-0.05, 0) is 48.0 Å². The van der Waals surface area contributed by atoms with Gasteiger partial charge in [0.05, 0.1) is 21.2 Å². The fourth-order valence-corrected chi connectivity index (χ4v) is 4.17. The van der Waals surface area contributed by atoms with Crippen LogP contribution in [0, 0.1) is 5.92 Å². The maximum Gasteiger partial charge on any atom is 0.227 e. The number of halogens is 1. The molecule has 4 rings (SSSR count).